The van der Waals surface area contributed by atoms with Crippen molar-refractivity contribution in [3.63, 3.8) is 0 Å². The van der Waals surface area contributed by atoms with Gasteiger partial charge in [-0.1, -0.05) is 35.4 Å². The first-order valence-corrected chi connectivity index (χ1v) is 7.37. The Morgan fingerprint density at radius 1 is 1.32 bits per heavy atom. The first kappa shape index (κ1) is 16.1. The highest BCUT2D eigenvalue weighted by atomic mass is 127. The van der Waals surface area contributed by atoms with Crippen molar-refractivity contribution in [2.75, 3.05) is 7.11 Å². The summed E-state index contributed by atoms with van der Waals surface area (Å²) in [4.78, 5) is 14.5. The number of carbonyl (C=O) groups is 1. The number of benzene rings is 2. The van der Waals surface area contributed by atoms with Crippen molar-refractivity contribution in [3.05, 3.63) is 67.6 Å². The van der Waals surface area contributed by atoms with E-state index in [0.29, 0.717) is 27.2 Å². The van der Waals surface area contributed by atoms with Crippen LogP contribution in [0.5, 0.6) is 5.75 Å². The summed E-state index contributed by atoms with van der Waals surface area (Å²) >= 11 is 1.99. The Morgan fingerprint density at radius 2 is 2.05 bits per heavy atom. The van der Waals surface area contributed by atoms with E-state index in [1.165, 1.54) is 13.2 Å². The first-order chi connectivity index (χ1) is 10.7. The van der Waals surface area contributed by atoms with E-state index in [-0.39, 0.29) is 0 Å². The predicted molar refractivity (Wildman–Crippen MR) is 90.1 cm³/mol. The van der Waals surface area contributed by atoms with Gasteiger partial charge >= 0.3 is 5.97 Å². The zero-order valence-corrected chi connectivity index (χ0v) is 13.9. The largest absolute Gasteiger partial charge is 0.488 e. The summed E-state index contributed by atoms with van der Waals surface area (Å²) in [5.74, 6) is -0.135. The van der Waals surface area contributed by atoms with Crippen LogP contribution in [-0.2, 0) is 11.3 Å². The van der Waals surface area contributed by atoms with E-state index in [9.17, 15) is 4.79 Å². The third kappa shape index (κ3) is 3.90. The number of hydrogen-bond donors (Lipinski definition) is 0. The van der Waals surface area contributed by atoms with E-state index < -0.39 is 5.97 Å². The number of azide groups is 1. The van der Waals surface area contributed by atoms with Crippen molar-refractivity contribution < 1.29 is 14.3 Å². The standard InChI is InChI=1S/C15H12IN3O3/c1-21-15(20)11-7-12(16)14(18-19-17)13(8-11)22-9-10-5-3-2-4-6-10/h2-8H,9H2,1H3. The molecule has 0 fully saturated rings. The van der Waals surface area contributed by atoms with Gasteiger partial charge in [0.2, 0.25) is 0 Å². The Morgan fingerprint density at radius 3 is 2.68 bits per heavy atom. The fraction of sp³-hybridized carbons (Fsp3) is 0.133. The third-order valence-electron chi connectivity index (χ3n) is 2.83. The Balaban J connectivity index is 2.35. The van der Waals surface area contributed by atoms with Crippen molar-refractivity contribution >= 4 is 34.2 Å². The van der Waals surface area contributed by atoms with Gasteiger partial charge in [0.25, 0.3) is 0 Å². The maximum Gasteiger partial charge on any atom is 0.338 e. The van der Waals surface area contributed by atoms with Gasteiger partial charge in [0.15, 0.2) is 0 Å². The highest BCUT2D eigenvalue weighted by Crippen LogP contribution is 2.35. The van der Waals surface area contributed by atoms with Gasteiger partial charge in [-0.15, -0.1) is 0 Å². The number of hydrogen-bond acceptors (Lipinski definition) is 4. The molecule has 7 heteroatoms. The molecule has 0 aliphatic heterocycles. The van der Waals surface area contributed by atoms with Crippen LogP contribution in [0.2, 0.25) is 0 Å². The molecule has 2 rings (SSSR count). The number of carbonyl (C=O) groups excluding carboxylic acids is 1. The lowest BCUT2D eigenvalue weighted by Crippen LogP contribution is -2.03. The zero-order chi connectivity index (χ0) is 15.9. The maximum atomic E-state index is 11.7. The molecule has 0 spiro atoms. The van der Waals surface area contributed by atoms with Crippen LogP contribution in [0, 0.1) is 3.57 Å². The molecular weight excluding hydrogens is 397 g/mol. The average Bonchev–Trinajstić information content (AvgIpc) is 2.55. The number of rotatable bonds is 5. The number of ether oxygens (including phenoxy) is 2. The van der Waals surface area contributed by atoms with Gasteiger partial charge in [-0.25, -0.2) is 4.79 Å². The average molecular weight is 409 g/mol. The van der Waals surface area contributed by atoms with E-state index >= 15 is 0 Å². The number of halogens is 1. The van der Waals surface area contributed by atoms with Crippen LogP contribution in [0.15, 0.2) is 47.6 Å². The molecule has 0 saturated carbocycles. The van der Waals surface area contributed by atoms with Crippen molar-refractivity contribution in [1.29, 1.82) is 0 Å². The van der Waals surface area contributed by atoms with E-state index in [1.807, 2.05) is 52.9 Å². The highest BCUT2D eigenvalue weighted by Gasteiger charge is 2.14. The molecule has 0 aliphatic carbocycles. The molecule has 0 aromatic heterocycles. The molecule has 0 heterocycles. The van der Waals surface area contributed by atoms with Gasteiger partial charge in [-0.3, -0.25) is 0 Å². The van der Waals surface area contributed by atoms with Gasteiger partial charge in [0, 0.05) is 8.48 Å². The Hall–Kier alpha value is -2.25. The van der Waals surface area contributed by atoms with Crippen LogP contribution < -0.4 is 4.74 Å². The zero-order valence-electron chi connectivity index (χ0n) is 11.7. The summed E-state index contributed by atoms with van der Waals surface area (Å²) in [7, 11) is 1.31. The second-order valence-corrected chi connectivity index (χ2v) is 5.42. The SMILES string of the molecule is COC(=O)c1cc(I)c(N=[N+]=[N-])c(OCc2ccccc2)c1. The molecule has 0 bridgehead atoms. The summed E-state index contributed by atoms with van der Waals surface area (Å²) < 4.78 is 11.0. The summed E-state index contributed by atoms with van der Waals surface area (Å²) in [5.41, 5.74) is 10.3. The highest BCUT2D eigenvalue weighted by molar-refractivity contribution is 14.1. The molecule has 2 aromatic carbocycles. The Bertz CT molecular complexity index is 728. The Kier molecular flexibility index (Phi) is 5.62. The maximum absolute atomic E-state index is 11.7. The second kappa shape index (κ2) is 7.67. The molecular formula is C15H12IN3O3. The molecule has 0 atom stereocenters. The number of nitrogens with zero attached hydrogens (tertiary/aromatic N) is 3. The van der Waals surface area contributed by atoms with Crippen LogP contribution in [0.3, 0.4) is 0 Å². The van der Waals surface area contributed by atoms with Gasteiger partial charge in [-0.05, 0) is 45.8 Å². The number of esters is 1. The van der Waals surface area contributed by atoms with Crippen molar-refractivity contribution in [2.45, 2.75) is 6.61 Å². The minimum Gasteiger partial charge on any atom is -0.488 e. The predicted octanol–water partition coefficient (Wildman–Crippen LogP) is 4.60. The lowest BCUT2D eigenvalue weighted by molar-refractivity contribution is 0.0600. The second-order valence-electron chi connectivity index (χ2n) is 4.26. The van der Waals surface area contributed by atoms with Gasteiger partial charge in [0.05, 0.1) is 18.4 Å². The van der Waals surface area contributed by atoms with E-state index in [1.54, 1.807) is 6.07 Å². The fourth-order valence-corrected chi connectivity index (χ4v) is 2.51. The summed E-state index contributed by atoms with van der Waals surface area (Å²) in [6.07, 6.45) is 0. The van der Waals surface area contributed by atoms with Crippen LogP contribution >= 0.6 is 22.6 Å². The van der Waals surface area contributed by atoms with Crippen molar-refractivity contribution in [2.24, 2.45) is 5.11 Å². The van der Waals surface area contributed by atoms with Crippen molar-refractivity contribution in [3.8, 4) is 5.75 Å². The lowest BCUT2D eigenvalue weighted by atomic mass is 10.2. The lowest BCUT2D eigenvalue weighted by Gasteiger charge is -2.12. The topological polar surface area (TPSA) is 84.3 Å². The minimum absolute atomic E-state index is 0.301. The first-order valence-electron chi connectivity index (χ1n) is 6.29. The van der Waals surface area contributed by atoms with E-state index in [0.717, 1.165) is 5.56 Å². The third-order valence-corrected chi connectivity index (χ3v) is 3.65. The van der Waals surface area contributed by atoms with E-state index in [2.05, 4.69) is 10.0 Å². The smallest absolute Gasteiger partial charge is 0.338 e. The molecule has 22 heavy (non-hydrogen) atoms. The minimum atomic E-state index is -0.477. The van der Waals surface area contributed by atoms with Gasteiger partial charge in [-0.2, -0.15) is 0 Å². The summed E-state index contributed by atoms with van der Waals surface area (Å²) in [5, 5.41) is 3.64. The molecule has 0 unspecified atom stereocenters. The monoisotopic (exact) mass is 409 g/mol. The Labute approximate surface area is 140 Å². The van der Waals surface area contributed by atoms with Crippen molar-refractivity contribution in [1.82, 2.24) is 0 Å². The summed E-state index contributed by atoms with van der Waals surface area (Å²) in [6.45, 7) is 0.301. The fourth-order valence-electron chi connectivity index (χ4n) is 1.80. The molecule has 112 valence electrons. The molecule has 0 N–H and O–H groups in total. The van der Waals surface area contributed by atoms with Crippen LogP contribution in [0.25, 0.3) is 10.4 Å². The molecule has 0 amide bonds. The normalized spacial score (nSPS) is 9.73. The molecule has 0 radical (unpaired) electrons. The number of methoxy groups -OCH3 is 1. The molecule has 2 aromatic rings. The molecule has 6 nitrogen and oxygen atoms in total. The molecule has 0 saturated heterocycles. The van der Waals surface area contributed by atoms with Gasteiger partial charge < -0.3 is 9.47 Å². The quantitative estimate of drug-likeness (QED) is 0.238. The molecule has 0 aliphatic rings. The van der Waals surface area contributed by atoms with Gasteiger partial charge in [0.1, 0.15) is 12.4 Å². The summed E-state index contributed by atoms with van der Waals surface area (Å²) in [6, 6.07) is 12.7. The van der Waals surface area contributed by atoms with E-state index in [4.69, 9.17) is 15.0 Å². The van der Waals surface area contributed by atoms with Crippen LogP contribution in [0.4, 0.5) is 5.69 Å². The van der Waals surface area contributed by atoms with Crippen LogP contribution in [0.1, 0.15) is 15.9 Å². The van der Waals surface area contributed by atoms with Crippen LogP contribution in [-0.4, -0.2) is 13.1 Å².